The first-order valence-electron chi connectivity index (χ1n) is 9.48. The number of nitrogens with one attached hydrogen (secondary N) is 3. The molecule has 4 aromatic rings. The van der Waals surface area contributed by atoms with Gasteiger partial charge < -0.3 is 4.98 Å². The molecule has 0 aliphatic carbocycles. The third-order valence-electron chi connectivity index (χ3n) is 4.43. The molecule has 150 valence electrons. The normalized spacial score (nSPS) is 11.7. The van der Waals surface area contributed by atoms with Gasteiger partial charge in [-0.05, 0) is 29.8 Å². The van der Waals surface area contributed by atoms with Gasteiger partial charge in [-0.3, -0.25) is 20.4 Å². The zero-order valence-electron chi connectivity index (χ0n) is 16.0. The smallest absolute Gasteiger partial charge is 0.256 e. The van der Waals surface area contributed by atoms with Crippen LogP contribution in [0.1, 0.15) is 16.6 Å². The highest BCUT2D eigenvalue weighted by Gasteiger charge is 2.22. The quantitative estimate of drug-likeness (QED) is 0.330. The Balaban J connectivity index is 1.41. The van der Waals surface area contributed by atoms with E-state index in [4.69, 9.17) is 0 Å². The molecule has 0 saturated carbocycles. The van der Waals surface area contributed by atoms with Gasteiger partial charge in [-0.25, -0.2) is 4.98 Å². The van der Waals surface area contributed by atoms with Crippen LogP contribution >= 0.6 is 11.8 Å². The topological polar surface area (TPSA) is 86.9 Å². The van der Waals surface area contributed by atoms with E-state index < -0.39 is 5.25 Å². The van der Waals surface area contributed by atoms with Gasteiger partial charge in [0, 0.05) is 4.90 Å². The molecule has 0 radical (unpaired) electrons. The second kappa shape index (κ2) is 9.28. The van der Waals surface area contributed by atoms with Gasteiger partial charge in [0.25, 0.3) is 5.91 Å². The van der Waals surface area contributed by atoms with Gasteiger partial charge in [0.05, 0.1) is 17.5 Å². The number of hydrazine groups is 1. The lowest BCUT2D eigenvalue weighted by molar-refractivity contribution is -0.128. The van der Waals surface area contributed by atoms with Crippen LogP contribution in [0.3, 0.4) is 0 Å². The summed E-state index contributed by atoms with van der Waals surface area (Å²) in [6, 6.07) is 26.7. The van der Waals surface area contributed by atoms with Crippen molar-refractivity contribution < 1.29 is 9.59 Å². The number of imidazole rings is 1. The van der Waals surface area contributed by atoms with Crippen LogP contribution in [0.2, 0.25) is 0 Å². The van der Waals surface area contributed by atoms with E-state index in [2.05, 4.69) is 20.8 Å². The minimum atomic E-state index is -0.500. The lowest BCUT2D eigenvalue weighted by Gasteiger charge is -2.17. The second-order valence-corrected chi connectivity index (χ2v) is 7.81. The number of thioether (sulfide) groups is 1. The Labute approximate surface area is 178 Å². The van der Waals surface area contributed by atoms with Crippen molar-refractivity contribution in [2.24, 2.45) is 0 Å². The number of aromatic nitrogens is 2. The summed E-state index contributed by atoms with van der Waals surface area (Å²) < 4.78 is 0. The summed E-state index contributed by atoms with van der Waals surface area (Å²) in [6.07, 6.45) is 0.0385. The molecule has 3 aromatic carbocycles. The van der Waals surface area contributed by atoms with Gasteiger partial charge in [0.1, 0.15) is 11.1 Å². The van der Waals surface area contributed by atoms with Crippen molar-refractivity contribution in [2.75, 3.05) is 0 Å². The molecule has 1 aromatic heterocycles. The summed E-state index contributed by atoms with van der Waals surface area (Å²) in [5.74, 6) is -0.104. The van der Waals surface area contributed by atoms with Crippen LogP contribution in [0.25, 0.3) is 11.0 Å². The lowest BCUT2D eigenvalue weighted by Crippen LogP contribution is -2.44. The van der Waals surface area contributed by atoms with Crippen LogP contribution in [0, 0.1) is 0 Å². The Hall–Kier alpha value is -3.58. The number of hydrogen-bond donors (Lipinski definition) is 3. The Morgan fingerprint density at radius 2 is 1.53 bits per heavy atom. The van der Waals surface area contributed by atoms with Crippen LogP contribution < -0.4 is 10.9 Å². The van der Waals surface area contributed by atoms with Crippen molar-refractivity contribution in [1.82, 2.24) is 20.8 Å². The molecular formula is C23H20N4O2S. The minimum absolute atomic E-state index is 0.0385. The fraction of sp³-hybridized carbons (Fsp3) is 0.0870. The molecule has 2 amide bonds. The number of aromatic amines is 1. The summed E-state index contributed by atoms with van der Waals surface area (Å²) >= 11 is 1.43. The highest BCUT2D eigenvalue weighted by molar-refractivity contribution is 8.00. The molecule has 0 saturated heterocycles. The highest BCUT2D eigenvalue weighted by atomic mass is 32.2. The van der Waals surface area contributed by atoms with Crippen LogP contribution in [-0.2, 0) is 16.0 Å². The van der Waals surface area contributed by atoms with Gasteiger partial charge in [0.15, 0.2) is 0 Å². The molecule has 6 nitrogen and oxygen atoms in total. The Morgan fingerprint density at radius 1 is 0.867 bits per heavy atom. The Kier molecular flexibility index (Phi) is 6.10. The van der Waals surface area contributed by atoms with Crippen LogP contribution in [0.4, 0.5) is 0 Å². The van der Waals surface area contributed by atoms with Crippen molar-refractivity contribution >= 4 is 34.6 Å². The van der Waals surface area contributed by atoms with Crippen LogP contribution in [0.15, 0.2) is 89.8 Å². The summed E-state index contributed by atoms with van der Waals surface area (Å²) in [6.45, 7) is 0. The fourth-order valence-electron chi connectivity index (χ4n) is 3.02. The van der Waals surface area contributed by atoms with Crippen molar-refractivity contribution in [1.29, 1.82) is 0 Å². The molecule has 0 aliphatic rings. The second-order valence-electron chi connectivity index (χ2n) is 6.64. The zero-order valence-corrected chi connectivity index (χ0v) is 16.9. The van der Waals surface area contributed by atoms with E-state index in [-0.39, 0.29) is 18.2 Å². The van der Waals surface area contributed by atoms with Crippen molar-refractivity contribution in [3.63, 3.8) is 0 Å². The number of H-pyrrole nitrogens is 1. The molecule has 30 heavy (non-hydrogen) atoms. The van der Waals surface area contributed by atoms with Gasteiger partial charge in [0.2, 0.25) is 5.91 Å². The van der Waals surface area contributed by atoms with E-state index in [9.17, 15) is 9.59 Å². The van der Waals surface area contributed by atoms with Crippen LogP contribution in [0.5, 0.6) is 0 Å². The number of amides is 2. The molecule has 0 aliphatic heterocycles. The number of fused-ring (bicyclic) bond motifs is 1. The number of nitrogens with zero attached hydrogens (tertiary/aromatic N) is 1. The Morgan fingerprint density at radius 3 is 2.27 bits per heavy atom. The molecule has 0 unspecified atom stereocenters. The van der Waals surface area contributed by atoms with Crippen LogP contribution in [-0.4, -0.2) is 21.8 Å². The van der Waals surface area contributed by atoms with Crippen molar-refractivity contribution in [3.05, 3.63) is 96.3 Å². The van der Waals surface area contributed by atoms with E-state index in [1.54, 1.807) is 0 Å². The molecule has 0 fully saturated rings. The molecule has 4 rings (SSSR count). The molecule has 0 bridgehead atoms. The molecule has 7 heteroatoms. The summed E-state index contributed by atoms with van der Waals surface area (Å²) in [5.41, 5.74) is 7.58. The third kappa shape index (κ3) is 4.87. The summed E-state index contributed by atoms with van der Waals surface area (Å²) in [4.78, 5) is 33.7. The van der Waals surface area contributed by atoms with E-state index >= 15 is 0 Å². The predicted molar refractivity (Wildman–Crippen MR) is 118 cm³/mol. The fourth-order valence-corrected chi connectivity index (χ4v) is 4.06. The molecule has 0 spiro atoms. The number of rotatable bonds is 6. The number of para-hydroxylation sites is 2. The predicted octanol–water partition coefficient (Wildman–Crippen LogP) is 3.79. The summed E-state index contributed by atoms with van der Waals surface area (Å²) in [7, 11) is 0. The average Bonchev–Trinajstić information content (AvgIpc) is 3.19. The van der Waals surface area contributed by atoms with E-state index in [0.29, 0.717) is 5.82 Å². The maximum absolute atomic E-state index is 12.9. The number of carbonyl (C=O) groups excluding carboxylic acids is 2. The van der Waals surface area contributed by atoms with Gasteiger partial charge in [-0.2, -0.15) is 0 Å². The lowest BCUT2D eigenvalue weighted by atomic mass is 10.1. The number of carbonyl (C=O) groups is 2. The van der Waals surface area contributed by atoms with Crippen molar-refractivity contribution in [2.45, 2.75) is 16.6 Å². The van der Waals surface area contributed by atoms with Gasteiger partial charge in [-0.15, -0.1) is 11.8 Å². The SMILES string of the molecule is O=C(Cc1nc2ccccc2[nH]1)NNC(=O)[C@@H](Sc1ccccc1)c1ccccc1. The first-order chi connectivity index (χ1) is 14.7. The summed E-state index contributed by atoms with van der Waals surface area (Å²) in [5, 5.41) is -0.500. The minimum Gasteiger partial charge on any atom is -0.342 e. The first-order valence-corrected chi connectivity index (χ1v) is 10.4. The number of benzene rings is 3. The molecular weight excluding hydrogens is 396 g/mol. The molecule has 1 atom stereocenters. The largest absolute Gasteiger partial charge is 0.342 e. The molecule has 1 heterocycles. The Bertz CT molecular complexity index is 1110. The maximum Gasteiger partial charge on any atom is 0.256 e. The third-order valence-corrected chi connectivity index (χ3v) is 5.70. The van der Waals surface area contributed by atoms with E-state index in [0.717, 1.165) is 21.5 Å². The van der Waals surface area contributed by atoms with Gasteiger partial charge in [-0.1, -0.05) is 60.7 Å². The van der Waals surface area contributed by atoms with E-state index in [1.807, 2.05) is 84.9 Å². The maximum atomic E-state index is 12.9. The highest BCUT2D eigenvalue weighted by Crippen LogP contribution is 2.35. The standard InChI is InChI=1S/C23H20N4O2S/c28-21(15-20-24-18-13-7-8-14-19(18)25-20)26-27-23(29)22(16-9-3-1-4-10-16)30-17-11-5-2-6-12-17/h1-14,22H,15H2,(H,24,25)(H,26,28)(H,27,29)/t22-/m0/s1. The molecule has 3 N–H and O–H groups in total. The zero-order chi connectivity index (χ0) is 20.8. The first kappa shape index (κ1) is 19.7. The number of hydrogen-bond acceptors (Lipinski definition) is 4. The monoisotopic (exact) mass is 416 g/mol. The van der Waals surface area contributed by atoms with Gasteiger partial charge >= 0.3 is 0 Å². The average molecular weight is 417 g/mol. The van der Waals surface area contributed by atoms with Crippen molar-refractivity contribution in [3.8, 4) is 0 Å². The van der Waals surface area contributed by atoms with E-state index in [1.165, 1.54) is 11.8 Å².